The highest BCUT2D eigenvalue weighted by Crippen LogP contribution is 2.28. The van der Waals surface area contributed by atoms with Gasteiger partial charge in [-0.05, 0) is 38.0 Å². The lowest BCUT2D eigenvalue weighted by atomic mass is 10.0. The maximum absolute atomic E-state index is 12.2. The number of benzene rings is 1. The van der Waals surface area contributed by atoms with Crippen molar-refractivity contribution in [1.29, 1.82) is 0 Å². The number of carbonyl (C=O) groups is 1. The third-order valence-electron chi connectivity index (χ3n) is 3.16. The van der Waals surface area contributed by atoms with Crippen LogP contribution in [0.3, 0.4) is 0 Å². The van der Waals surface area contributed by atoms with E-state index in [2.05, 4.69) is 21.2 Å². The lowest BCUT2D eigenvalue weighted by molar-refractivity contribution is -0.119. The van der Waals surface area contributed by atoms with Gasteiger partial charge in [-0.3, -0.25) is 4.79 Å². The minimum atomic E-state index is -0.0440. The Morgan fingerprint density at radius 3 is 2.70 bits per heavy atom. The van der Waals surface area contributed by atoms with E-state index in [1.54, 1.807) is 7.11 Å². The van der Waals surface area contributed by atoms with Gasteiger partial charge in [0.15, 0.2) is 0 Å². The van der Waals surface area contributed by atoms with Gasteiger partial charge in [0.05, 0.1) is 12.8 Å². The maximum atomic E-state index is 12.2. The van der Waals surface area contributed by atoms with Gasteiger partial charge in [0, 0.05) is 16.4 Å². The Kier molecular flexibility index (Phi) is 7.02. The molecule has 2 unspecified atom stereocenters. The first-order chi connectivity index (χ1) is 9.43. The normalized spacial score (nSPS) is 13.7. The molecule has 0 aromatic heterocycles. The number of nitrogens with one attached hydrogen (secondary N) is 1. The van der Waals surface area contributed by atoms with Crippen molar-refractivity contribution in [2.75, 3.05) is 12.4 Å². The Balaban J connectivity index is 2.59. The summed E-state index contributed by atoms with van der Waals surface area (Å²) in [7, 11) is 1.59. The topological polar surface area (TPSA) is 64.3 Å². The van der Waals surface area contributed by atoms with Gasteiger partial charge >= 0.3 is 0 Å². The molecular formula is C15H23BrN2O2. The second-order valence-electron chi connectivity index (χ2n) is 5.14. The Labute approximate surface area is 129 Å². The molecule has 1 aromatic rings. The van der Waals surface area contributed by atoms with Crippen LogP contribution in [-0.2, 0) is 4.79 Å². The van der Waals surface area contributed by atoms with Crippen LogP contribution in [-0.4, -0.2) is 19.1 Å². The number of hydrogen-bond acceptors (Lipinski definition) is 3. The molecule has 1 amide bonds. The fourth-order valence-electron chi connectivity index (χ4n) is 1.91. The minimum absolute atomic E-state index is 0.00562. The molecule has 20 heavy (non-hydrogen) atoms. The molecule has 0 heterocycles. The summed E-state index contributed by atoms with van der Waals surface area (Å²) in [6.07, 6.45) is 2.74. The molecule has 0 bridgehead atoms. The lowest BCUT2D eigenvalue weighted by Crippen LogP contribution is -2.21. The molecule has 0 aliphatic heterocycles. The standard InChI is InChI=1S/C15H23BrN2O2/c1-10(5-4-6-11(2)17)15(19)18-13-9-12(16)7-8-14(13)20-3/h7-11H,4-6,17H2,1-3H3,(H,18,19). The first kappa shape index (κ1) is 17.0. The summed E-state index contributed by atoms with van der Waals surface area (Å²) in [5.41, 5.74) is 6.40. The number of halogens is 1. The average Bonchev–Trinajstić information content (AvgIpc) is 2.38. The average molecular weight is 343 g/mol. The van der Waals surface area contributed by atoms with Crippen molar-refractivity contribution in [3.63, 3.8) is 0 Å². The fraction of sp³-hybridized carbons (Fsp3) is 0.533. The predicted molar refractivity (Wildman–Crippen MR) is 86.0 cm³/mol. The first-order valence-corrected chi connectivity index (χ1v) is 7.63. The molecule has 0 saturated carbocycles. The molecule has 0 aliphatic carbocycles. The maximum Gasteiger partial charge on any atom is 0.227 e. The molecular weight excluding hydrogens is 320 g/mol. The summed E-state index contributed by atoms with van der Waals surface area (Å²) in [6.45, 7) is 3.91. The van der Waals surface area contributed by atoms with Crippen molar-refractivity contribution in [2.45, 2.75) is 39.2 Å². The van der Waals surface area contributed by atoms with Crippen LogP contribution in [0, 0.1) is 5.92 Å². The fourth-order valence-corrected chi connectivity index (χ4v) is 2.27. The largest absolute Gasteiger partial charge is 0.495 e. The highest BCUT2D eigenvalue weighted by atomic mass is 79.9. The van der Waals surface area contributed by atoms with Crippen molar-refractivity contribution >= 4 is 27.5 Å². The van der Waals surface area contributed by atoms with Gasteiger partial charge in [0.1, 0.15) is 5.75 Å². The smallest absolute Gasteiger partial charge is 0.227 e. The summed E-state index contributed by atoms with van der Waals surface area (Å²) < 4.78 is 6.14. The van der Waals surface area contributed by atoms with Gasteiger partial charge in [-0.15, -0.1) is 0 Å². The number of carbonyl (C=O) groups excluding carboxylic acids is 1. The molecule has 0 spiro atoms. The van der Waals surface area contributed by atoms with Gasteiger partial charge < -0.3 is 15.8 Å². The third-order valence-corrected chi connectivity index (χ3v) is 3.66. The van der Waals surface area contributed by atoms with E-state index in [-0.39, 0.29) is 17.9 Å². The second-order valence-corrected chi connectivity index (χ2v) is 6.06. The van der Waals surface area contributed by atoms with E-state index in [1.165, 1.54) is 0 Å². The van der Waals surface area contributed by atoms with E-state index in [9.17, 15) is 4.79 Å². The van der Waals surface area contributed by atoms with Gasteiger partial charge in [0.25, 0.3) is 0 Å². The molecule has 0 saturated heterocycles. The van der Waals surface area contributed by atoms with Crippen LogP contribution in [0.2, 0.25) is 0 Å². The van der Waals surface area contributed by atoms with E-state index >= 15 is 0 Å². The number of methoxy groups -OCH3 is 1. The number of nitrogens with two attached hydrogens (primary N) is 1. The summed E-state index contributed by atoms with van der Waals surface area (Å²) in [5, 5.41) is 2.91. The Morgan fingerprint density at radius 2 is 2.10 bits per heavy atom. The van der Waals surface area contributed by atoms with Gasteiger partial charge in [-0.25, -0.2) is 0 Å². The predicted octanol–water partition coefficient (Wildman–Crippen LogP) is 3.55. The number of amides is 1. The Hall–Kier alpha value is -1.07. The molecule has 0 aliphatic rings. The Morgan fingerprint density at radius 1 is 1.40 bits per heavy atom. The zero-order valence-electron chi connectivity index (χ0n) is 12.3. The van der Waals surface area contributed by atoms with Gasteiger partial charge in [-0.2, -0.15) is 0 Å². The molecule has 5 heteroatoms. The number of hydrogen-bond donors (Lipinski definition) is 2. The number of rotatable bonds is 7. The zero-order chi connectivity index (χ0) is 15.1. The van der Waals surface area contributed by atoms with Crippen molar-refractivity contribution < 1.29 is 9.53 Å². The summed E-state index contributed by atoms with van der Waals surface area (Å²) in [4.78, 5) is 12.2. The van der Waals surface area contributed by atoms with Crippen LogP contribution in [0.25, 0.3) is 0 Å². The number of anilines is 1. The van der Waals surface area contributed by atoms with Crippen LogP contribution < -0.4 is 15.8 Å². The molecule has 0 fully saturated rings. The van der Waals surface area contributed by atoms with E-state index in [4.69, 9.17) is 10.5 Å². The highest BCUT2D eigenvalue weighted by Gasteiger charge is 2.15. The monoisotopic (exact) mass is 342 g/mol. The lowest BCUT2D eigenvalue weighted by Gasteiger charge is -2.15. The van der Waals surface area contributed by atoms with E-state index in [1.807, 2.05) is 32.0 Å². The Bertz CT molecular complexity index is 449. The minimum Gasteiger partial charge on any atom is -0.495 e. The van der Waals surface area contributed by atoms with Crippen LogP contribution in [0.15, 0.2) is 22.7 Å². The quantitative estimate of drug-likeness (QED) is 0.796. The van der Waals surface area contributed by atoms with E-state index < -0.39 is 0 Å². The van der Waals surface area contributed by atoms with Crippen LogP contribution in [0.4, 0.5) is 5.69 Å². The van der Waals surface area contributed by atoms with Crippen molar-refractivity contribution in [1.82, 2.24) is 0 Å². The van der Waals surface area contributed by atoms with E-state index in [0.29, 0.717) is 11.4 Å². The molecule has 1 rings (SSSR count). The van der Waals surface area contributed by atoms with Crippen molar-refractivity contribution in [3.05, 3.63) is 22.7 Å². The summed E-state index contributed by atoms with van der Waals surface area (Å²) in [6, 6.07) is 5.72. The summed E-state index contributed by atoms with van der Waals surface area (Å²) >= 11 is 3.39. The third kappa shape index (κ3) is 5.51. The molecule has 3 N–H and O–H groups in total. The van der Waals surface area contributed by atoms with Crippen LogP contribution in [0.5, 0.6) is 5.75 Å². The van der Waals surface area contributed by atoms with Crippen LogP contribution >= 0.6 is 15.9 Å². The highest BCUT2D eigenvalue weighted by molar-refractivity contribution is 9.10. The molecule has 4 nitrogen and oxygen atoms in total. The molecule has 112 valence electrons. The van der Waals surface area contributed by atoms with Crippen molar-refractivity contribution in [3.8, 4) is 5.75 Å². The first-order valence-electron chi connectivity index (χ1n) is 6.84. The van der Waals surface area contributed by atoms with Gasteiger partial charge in [-0.1, -0.05) is 29.3 Å². The SMILES string of the molecule is COc1ccc(Br)cc1NC(=O)C(C)CCCC(C)N. The molecule has 1 aromatic carbocycles. The van der Waals surface area contributed by atoms with E-state index in [0.717, 1.165) is 23.7 Å². The number of ether oxygens (including phenoxy) is 1. The summed E-state index contributed by atoms with van der Waals surface area (Å²) in [5.74, 6) is 0.618. The van der Waals surface area contributed by atoms with Crippen molar-refractivity contribution in [2.24, 2.45) is 11.7 Å². The zero-order valence-corrected chi connectivity index (χ0v) is 13.9. The second kappa shape index (κ2) is 8.27. The van der Waals surface area contributed by atoms with Crippen LogP contribution in [0.1, 0.15) is 33.1 Å². The van der Waals surface area contributed by atoms with Gasteiger partial charge in [0.2, 0.25) is 5.91 Å². The molecule has 2 atom stereocenters. The molecule has 0 radical (unpaired) electrons.